The fraction of sp³-hybridized carbons (Fsp3) is 0.308. The predicted octanol–water partition coefficient (Wildman–Crippen LogP) is 1.26. The Morgan fingerprint density at radius 1 is 1.33 bits per heavy atom. The number of nitrogens with one attached hydrogen (secondary N) is 1. The van der Waals surface area contributed by atoms with Crippen molar-refractivity contribution in [2.45, 2.75) is 31.2 Å². The van der Waals surface area contributed by atoms with E-state index in [9.17, 15) is 8.42 Å². The van der Waals surface area contributed by atoms with Crippen LogP contribution in [0.15, 0.2) is 29.3 Å². The summed E-state index contributed by atoms with van der Waals surface area (Å²) in [6.45, 7) is 5.34. The molecule has 0 aliphatic heterocycles. The van der Waals surface area contributed by atoms with Crippen LogP contribution in [0.2, 0.25) is 0 Å². The van der Waals surface area contributed by atoms with Gasteiger partial charge in [-0.05, 0) is 32.9 Å². The summed E-state index contributed by atoms with van der Waals surface area (Å²) in [6, 6.07) is 4.76. The van der Waals surface area contributed by atoms with Crippen LogP contribution in [0.4, 0.5) is 5.69 Å². The number of hydrogen-bond donors (Lipinski definition) is 2. The quantitative estimate of drug-likeness (QED) is 0.658. The van der Waals surface area contributed by atoms with Gasteiger partial charge >= 0.3 is 0 Å². The molecule has 0 unspecified atom stereocenters. The maximum atomic E-state index is 12.6. The van der Waals surface area contributed by atoms with Crippen LogP contribution < -0.4 is 15.4 Å². The topological polar surface area (TPSA) is 85.1 Å². The molecule has 0 aliphatic rings. The summed E-state index contributed by atoms with van der Waals surface area (Å²) in [6.07, 6.45) is 1.56. The minimum Gasteiger partial charge on any atom is -0.399 e. The van der Waals surface area contributed by atoms with Crippen LogP contribution in [0.1, 0.15) is 20.8 Å². The minimum absolute atomic E-state index is 0.126. The van der Waals surface area contributed by atoms with Crippen molar-refractivity contribution >= 4 is 39.8 Å². The monoisotopic (exact) mass is 321 g/mol. The summed E-state index contributed by atoms with van der Waals surface area (Å²) in [5, 5.41) is 0. The van der Waals surface area contributed by atoms with Gasteiger partial charge in [-0.3, -0.25) is 4.98 Å². The second kappa shape index (κ2) is 5.44. The molecule has 0 saturated heterocycles. The molecule has 1 aromatic carbocycles. The van der Waals surface area contributed by atoms with E-state index in [1.807, 2.05) is 0 Å². The summed E-state index contributed by atoms with van der Waals surface area (Å²) in [7, 11) is 1.92. The first-order valence-corrected chi connectivity index (χ1v) is 8.54. The highest BCUT2D eigenvalue weighted by atomic mass is 32.2. The van der Waals surface area contributed by atoms with Crippen molar-refractivity contribution in [3.05, 3.63) is 24.4 Å². The van der Waals surface area contributed by atoms with Crippen molar-refractivity contribution in [2.75, 3.05) is 5.73 Å². The number of nitrogens with zero attached hydrogens (tertiary/aromatic N) is 1. The second-order valence-corrected chi connectivity index (χ2v) is 8.39. The largest absolute Gasteiger partial charge is 0.399 e. The van der Waals surface area contributed by atoms with Crippen molar-refractivity contribution in [3.63, 3.8) is 0 Å². The highest BCUT2D eigenvalue weighted by molar-refractivity contribution is 7.89. The molecule has 2 radical (unpaired) electrons. The number of nitrogens with two attached hydrogens (primary N) is 1. The Bertz CT molecular complexity index is 764. The predicted molar refractivity (Wildman–Crippen MR) is 87.4 cm³/mol. The van der Waals surface area contributed by atoms with E-state index in [1.165, 1.54) is 17.4 Å². The third kappa shape index (κ3) is 3.84. The number of hydrogen-bond acceptors (Lipinski definition) is 5. The van der Waals surface area contributed by atoms with Crippen LogP contribution in [-0.4, -0.2) is 26.8 Å². The van der Waals surface area contributed by atoms with E-state index >= 15 is 0 Å². The first kappa shape index (κ1) is 16.0. The number of benzene rings is 1. The zero-order chi connectivity index (χ0) is 15.8. The lowest BCUT2D eigenvalue weighted by molar-refractivity contribution is 0.491. The van der Waals surface area contributed by atoms with Gasteiger partial charge in [0.2, 0.25) is 10.0 Å². The summed E-state index contributed by atoms with van der Waals surface area (Å²) in [4.78, 5) is 5.15. The van der Waals surface area contributed by atoms with Gasteiger partial charge in [0.05, 0.1) is 9.77 Å². The van der Waals surface area contributed by atoms with Crippen LogP contribution >= 0.6 is 11.3 Å². The van der Waals surface area contributed by atoms with E-state index in [2.05, 4.69) is 9.71 Å². The average molecular weight is 321 g/mol. The molecule has 0 bridgehead atoms. The number of aromatic nitrogens is 1. The summed E-state index contributed by atoms with van der Waals surface area (Å²) in [5.74, 6) is 0. The molecular weight excluding hydrogens is 305 g/mol. The molecule has 0 spiro atoms. The van der Waals surface area contributed by atoms with E-state index in [4.69, 9.17) is 13.6 Å². The molecule has 1 aromatic heterocycles. The fourth-order valence-corrected chi connectivity index (χ4v) is 4.30. The summed E-state index contributed by atoms with van der Waals surface area (Å²) < 4.78 is 27.8. The Hall–Kier alpha value is -1.38. The molecule has 0 atom stereocenters. The Morgan fingerprint density at radius 2 is 2.00 bits per heavy atom. The van der Waals surface area contributed by atoms with Gasteiger partial charge in [-0.1, -0.05) is 6.07 Å². The lowest BCUT2D eigenvalue weighted by atomic mass is 10.1. The Kier molecular flexibility index (Phi) is 4.14. The summed E-state index contributed by atoms with van der Waals surface area (Å²) >= 11 is 1.23. The van der Waals surface area contributed by atoms with Crippen molar-refractivity contribution in [2.24, 2.45) is 0 Å². The minimum atomic E-state index is -3.70. The molecule has 0 amide bonds. The van der Waals surface area contributed by atoms with Gasteiger partial charge in [-0.2, -0.15) is 0 Å². The number of thiazole rings is 1. The molecule has 5 nitrogen and oxygen atoms in total. The highest BCUT2D eigenvalue weighted by Gasteiger charge is 2.25. The maximum absolute atomic E-state index is 12.6. The van der Waals surface area contributed by atoms with E-state index in [0.29, 0.717) is 21.0 Å². The average Bonchev–Trinajstić information content (AvgIpc) is 2.72. The number of anilines is 1. The molecule has 1 heterocycles. The van der Waals surface area contributed by atoms with Gasteiger partial charge in [-0.15, -0.1) is 11.3 Å². The lowest BCUT2D eigenvalue weighted by Gasteiger charge is -2.21. The molecule has 0 aliphatic carbocycles. The van der Waals surface area contributed by atoms with Crippen LogP contribution in [0.25, 0.3) is 10.4 Å². The van der Waals surface area contributed by atoms with E-state index in [0.717, 1.165) is 0 Å². The Labute approximate surface area is 130 Å². The van der Waals surface area contributed by atoms with Gasteiger partial charge in [-0.25, -0.2) is 13.1 Å². The first-order chi connectivity index (χ1) is 9.58. The van der Waals surface area contributed by atoms with Gasteiger partial charge in [0.25, 0.3) is 0 Å². The molecule has 0 fully saturated rings. The van der Waals surface area contributed by atoms with E-state index in [-0.39, 0.29) is 4.90 Å². The normalized spacial score (nSPS) is 12.5. The lowest BCUT2D eigenvalue weighted by Crippen LogP contribution is -2.40. The van der Waals surface area contributed by atoms with Crippen LogP contribution in [0, 0.1) is 0 Å². The van der Waals surface area contributed by atoms with E-state index in [1.54, 1.807) is 39.1 Å². The van der Waals surface area contributed by atoms with Gasteiger partial charge in [0.1, 0.15) is 0 Å². The molecular formula is C13H16BN3O2S2. The Balaban J connectivity index is 2.60. The summed E-state index contributed by atoms with van der Waals surface area (Å²) in [5.41, 5.74) is 6.07. The number of rotatable bonds is 3. The third-order valence-electron chi connectivity index (χ3n) is 2.52. The maximum Gasteiger partial charge on any atom is 0.241 e. The Morgan fingerprint density at radius 3 is 2.52 bits per heavy atom. The molecule has 8 heteroatoms. The highest BCUT2D eigenvalue weighted by Crippen LogP contribution is 2.31. The molecule has 0 saturated carbocycles. The van der Waals surface area contributed by atoms with Crippen molar-refractivity contribution < 1.29 is 8.42 Å². The smallest absolute Gasteiger partial charge is 0.241 e. The van der Waals surface area contributed by atoms with Gasteiger partial charge in [0.15, 0.2) is 7.85 Å². The molecule has 21 heavy (non-hydrogen) atoms. The van der Waals surface area contributed by atoms with Crippen molar-refractivity contribution in [1.82, 2.24) is 9.71 Å². The van der Waals surface area contributed by atoms with Gasteiger partial charge in [0, 0.05) is 27.9 Å². The third-order valence-corrected chi connectivity index (χ3v) is 5.18. The van der Waals surface area contributed by atoms with Crippen molar-refractivity contribution in [3.8, 4) is 10.4 Å². The zero-order valence-electron chi connectivity index (χ0n) is 12.0. The van der Waals surface area contributed by atoms with Crippen LogP contribution in [0.5, 0.6) is 0 Å². The SMILES string of the molecule is [B]c1ncc(-c2ccc(N)cc2S(=O)(=O)NC(C)(C)C)s1. The first-order valence-electron chi connectivity index (χ1n) is 6.24. The van der Waals surface area contributed by atoms with Gasteiger partial charge < -0.3 is 5.73 Å². The number of nitrogen functional groups attached to an aromatic ring is 1. The standard InChI is InChI=1S/C13H16BN3O2S2/c1-13(2,3)17-21(18,19)11-6-8(15)4-5-9(11)10-7-16-12(14)20-10/h4-7,17H,15H2,1-3H3. The fourth-order valence-electron chi connectivity index (χ4n) is 1.84. The van der Waals surface area contributed by atoms with E-state index < -0.39 is 15.6 Å². The second-order valence-electron chi connectivity index (χ2n) is 5.67. The molecule has 110 valence electrons. The molecule has 2 rings (SSSR count). The molecule has 3 N–H and O–H groups in total. The number of sulfonamides is 1. The zero-order valence-corrected chi connectivity index (χ0v) is 13.7. The van der Waals surface area contributed by atoms with Crippen molar-refractivity contribution in [1.29, 1.82) is 0 Å². The van der Waals surface area contributed by atoms with Crippen LogP contribution in [0.3, 0.4) is 0 Å². The molecule has 2 aromatic rings. The van der Waals surface area contributed by atoms with Crippen LogP contribution in [-0.2, 0) is 10.0 Å².